The quantitative estimate of drug-likeness (QED) is 0.650. The topological polar surface area (TPSA) is 44.8 Å². The molecule has 0 bridgehead atoms. The number of hydrogen-bond donors (Lipinski definition) is 0. The summed E-state index contributed by atoms with van der Waals surface area (Å²) in [4.78, 5) is 10.6. The molecular formula is C9H13F3O4. The summed E-state index contributed by atoms with van der Waals surface area (Å²) in [7, 11) is 0. The predicted octanol–water partition coefficient (Wildman–Crippen LogP) is 1.28. The molecule has 0 N–H and O–H groups in total. The monoisotopic (exact) mass is 242 g/mol. The molecule has 0 aromatic carbocycles. The number of alkyl halides is 3. The zero-order valence-corrected chi connectivity index (χ0v) is 7.62. The van der Waals surface area contributed by atoms with Crippen LogP contribution in [-0.4, -0.2) is 43.7 Å². The van der Waals surface area contributed by atoms with E-state index in [0.717, 1.165) is 0 Å². The standard InChI is InChI=1S/C8H9F3O4.CH4/c9-8(10,11)7(12)15-5-3-14-4-1-2-13-6(4)5;/h4-6H,1-3H2;1H4. The van der Waals surface area contributed by atoms with Crippen molar-refractivity contribution in [3.63, 3.8) is 0 Å². The molecule has 94 valence electrons. The molecule has 3 atom stereocenters. The van der Waals surface area contributed by atoms with Gasteiger partial charge in [-0.15, -0.1) is 0 Å². The lowest BCUT2D eigenvalue weighted by Gasteiger charge is -2.17. The van der Waals surface area contributed by atoms with Crippen molar-refractivity contribution in [2.24, 2.45) is 0 Å². The first-order valence-corrected chi connectivity index (χ1v) is 4.49. The largest absolute Gasteiger partial charge is 0.490 e. The molecule has 2 saturated heterocycles. The summed E-state index contributed by atoms with van der Waals surface area (Å²) in [5.74, 6) is -2.19. The summed E-state index contributed by atoms with van der Waals surface area (Å²) < 4.78 is 50.2. The molecular weight excluding hydrogens is 229 g/mol. The van der Waals surface area contributed by atoms with Gasteiger partial charge in [-0.05, 0) is 6.42 Å². The maximum absolute atomic E-state index is 11.9. The highest BCUT2D eigenvalue weighted by Gasteiger charge is 2.48. The fraction of sp³-hybridized carbons (Fsp3) is 0.889. The fourth-order valence-electron chi connectivity index (χ4n) is 1.74. The molecule has 0 saturated carbocycles. The van der Waals surface area contributed by atoms with Crippen LogP contribution in [0.1, 0.15) is 13.8 Å². The van der Waals surface area contributed by atoms with Gasteiger partial charge in [0, 0.05) is 6.61 Å². The van der Waals surface area contributed by atoms with Gasteiger partial charge in [0.1, 0.15) is 6.10 Å². The first kappa shape index (κ1) is 13.2. The van der Waals surface area contributed by atoms with Gasteiger partial charge in [-0.1, -0.05) is 7.43 Å². The normalized spacial score (nSPS) is 33.1. The Morgan fingerprint density at radius 1 is 1.31 bits per heavy atom. The second-order valence-corrected chi connectivity index (χ2v) is 3.44. The molecule has 2 aliphatic rings. The average Bonchev–Trinajstić information content (AvgIpc) is 2.67. The lowest BCUT2D eigenvalue weighted by atomic mass is 10.1. The van der Waals surface area contributed by atoms with Crippen molar-refractivity contribution < 1.29 is 32.2 Å². The van der Waals surface area contributed by atoms with Gasteiger partial charge < -0.3 is 14.2 Å². The Kier molecular flexibility index (Phi) is 3.80. The molecule has 0 aromatic heterocycles. The minimum absolute atomic E-state index is 0. The molecule has 16 heavy (non-hydrogen) atoms. The zero-order chi connectivity index (χ0) is 11.1. The summed E-state index contributed by atoms with van der Waals surface area (Å²) in [5, 5.41) is 0. The van der Waals surface area contributed by atoms with E-state index in [2.05, 4.69) is 4.74 Å². The van der Waals surface area contributed by atoms with Gasteiger partial charge in [0.05, 0.1) is 12.7 Å². The molecule has 2 fully saturated rings. The maximum Gasteiger partial charge on any atom is 0.490 e. The van der Waals surface area contributed by atoms with E-state index in [1.54, 1.807) is 0 Å². The smallest absolute Gasteiger partial charge is 0.450 e. The van der Waals surface area contributed by atoms with Crippen LogP contribution in [0.25, 0.3) is 0 Å². The molecule has 0 aromatic rings. The van der Waals surface area contributed by atoms with Crippen molar-refractivity contribution in [3.05, 3.63) is 0 Å². The maximum atomic E-state index is 11.9. The van der Waals surface area contributed by atoms with E-state index in [1.807, 2.05) is 0 Å². The summed E-state index contributed by atoms with van der Waals surface area (Å²) >= 11 is 0. The number of fused-ring (bicyclic) bond motifs is 1. The molecule has 4 nitrogen and oxygen atoms in total. The molecule has 0 aliphatic carbocycles. The molecule has 0 radical (unpaired) electrons. The Morgan fingerprint density at radius 2 is 2.00 bits per heavy atom. The molecule has 3 unspecified atom stereocenters. The number of carbonyl (C=O) groups excluding carboxylic acids is 1. The zero-order valence-electron chi connectivity index (χ0n) is 7.62. The minimum Gasteiger partial charge on any atom is -0.450 e. The van der Waals surface area contributed by atoms with Crippen molar-refractivity contribution in [2.45, 2.75) is 38.3 Å². The third-order valence-corrected chi connectivity index (χ3v) is 2.41. The molecule has 2 rings (SSSR count). The van der Waals surface area contributed by atoms with Gasteiger partial charge in [0.15, 0.2) is 6.10 Å². The van der Waals surface area contributed by atoms with Gasteiger partial charge in [-0.3, -0.25) is 0 Å². The van der Waals surface area contributed by atoms with Crippen molar-refractivity contribution in [1.82, 2.24) is 0 Å². The number of ether oxygens (including phenoxy) is 3. The summed E-state index contributed by atoms with van der Waals surface area (Å²) in [5.41, 5.74) is 0. The molecule has 0 spiro atoms. The Hall–Kier alpha value is -0.820. The molecule has 0 amide bonds. The minimum atomic E-state index is -4.96. The highest BCUT2D eigenvalue weighted by atomic mass is 19.4. The first-order chi connectivity index (χ1) is 6.98. The van der Waals surface area contributed by atoms with E-state index in [9.17, 15) is 18.0 Å². The van der Waals surface area contributed by atoms with Gasteiger partial charge >= 0.3 is 12.1 Å². The Balaban J connectivity index is 0.00000128. The number of carbonyl (C=O) groups is 1. The van der Waals surface area contributed by atoms with Crippen molar-refractivity contribution in [3.8, 4) is 0 Å². The van der Waals surface area contributed by atoms with Crippen LogP contribution in [0, 0.1) is 0 Å². The third kappa shape index (κ3) is 2.46. The predicted molar refractivity (Wildman–Crippen MR) is 46.8 cm³/mol. The van der Waals surface area contributed by atoms with E-state index in [-0.39, 0.29) is 20.1 Å². The van der Waals surface area contributed by atoms with E-state index in [0.29, 0.717) is 13.0 Å². The number of halogens is 3. The van der Waals surface area contributed by atoms with Crippen LogP contribution in [0.15, 0.2) is 0 Å². The highest BCUT2D eigenvalue weighted by molar-refractivity contribution is 5.75. The number of esters is 1. The van der Waals surface area contributed by atoms with E-state index >= 15 is 0 Å². The van der Waals surface area contributed by atoms with Crippen LogP contribution < -0.4 is 0 Å². The number of rotatable bonds is 1. The van der Waals surface area contributed by atoms with Crippen molar-refractivity contribution in [1.29, 1.82) is 0 Å². The second-order valence-electron chi connectivity index (χ2n) is 3.44. The lowest BCUT2D eigenvalue weighted by Crippen LogP contribution is -2.37. The van der Waals surface area contributed by atoms with Gasteiger partial charge in [0.25, 0.3) is 0 Å². The fourth-order valence-corrected chi connectivity index (χ4v) is 1.74. The SMILES string of the molecule is C.O=C(OC1COC2CCOC21)C(F)(F)F. The van der Waals surface area contributed by atoms with E-state index < -0.39 is 24.4 Å². The van der Waals surface area contributed by atoms with Gasteiger partial charge in [-0.2, -0.15) is 13.2 Å². The highest BCUT2D eigenvalue weighted by Crippen LogP contribution is 2.29. The number of hydrogen-bond acceptors (Lipinski definition) is 4. The molecule has 2 aliphatic heterocycles. The Bertz CT molecular complexity index is 266. The Morgan fingerprint density at radius 3 is 2.62 bits per heavy atom. The summed E-state index contributed by atoms with van der Waals surface area (Å²) in [6.45, 7) is 0.395. The van der Waals surface area contributed by atoms with Crippen LogP contribution in [0.4, 0.5) is 13.2 Å². The van der Waals surface area contributed by atoms with E-state index in [1.165, 1.54) is 0 Å². The van der Waals surface area contributed by atoms with Crippen molar-refractivity contribution >= 4 is 5.97 Å². The first-order valence-electron chi connectivity index (χ1n) is 4.49. The van der Waals surface area contributed by atoms with Crippen LogP contribution in [0.5, 0.6) is 0 Å². The lowest BCUT2D eigenvalue weighted by molar-refractivity contribution is -0.208. The van der Waals surface area contributed by atoms with Gasteiger partial charge in [-0.25, -0.2) is 4.79 Å². The van der Waals surface area contributed by atoms with Crippen LogP contribution in [0.3, 0.4) is 0 Å². The summed E-state index contributed by atoms with van der Waals surface area (Å²) in [6.07, 6.45) is -6.06. The van der Waals surface area contributed by atoms with Crippen LogP contribution in [-0.2, 0) is 19.0 Å². The average molecular weight is 242 g/mol. The Labute approximate surface area is 90.7 Å². The second kappa shape index (κ2) is 4.58. The molecule has 7 heteroatoms. The summed E-state index contributed by atoms with van der Waals surface area (Å²) in [6, 6.07) is 0. The van der Waals surface area contributed by atoms with Crippen molar-refractivity contribution in [2.75, 3.05) is 13.2 Å². The molecule has 2 heterocycles. The third-order valence-electron chi connectivity index (χ3n) is 2.41. The van der Waals surface area contributed by atoms with Gasteiger partial charge in [0.2, 0.25) is 0 Å². The van der Waals surface area contributed by atoms with E-state index in [4.69, 9.17) is 9.47 Å². The van der Waals surface area contributed by atoms with Crippen LogP contribution in [0.2, 0.25) is 0 Å². The van der Waals surface area contributed by atoms with Crippen LogP contribution >= 0.6 is 0 Å².